The van der Waals surface area contributed by atoms with Crippen molar-refractivity contribution in [2.24, 2.45) is 30.7 Å². The predicted octanol–water partition coefficient (Wildman–Crippen LogP) is 10.1. The summed E-state index contributed by atoms with van der Waals surface area (Å²) >= 11 is 0. The van der Waals surface area contributed by atoms with Crippen molar-refractivity contribution in [1.82, 2.24) is 0 Å². The third-order valence-electron chi connectivity index (χ3n) is 8.28. The molecule has 0 bridgehead atoms. The van der Waals surface area contributed by atoms with E-state index in [-0.39, 0.29) is 56.0 Å². The maximum atomic E-state index is 12.5. The van der Waals surface area contributed by atoms with Gasteiger partial charge in [0.1, 0.15) is 56.3 Å². The van der Waals surface area contributed by atoms with E-state index >= 15 is 0 Å². The van der Waals surface area contributed by atoms with Gasteiger partial charge in [0.05, 0.1) is 39.0 Å². The standard InChI is InChI=1S/C38H33N7O11S2/c1-53-32-19-29(33(54-2)18-28(32)41-40-24-10-13-26(14-11-24)57(47,48)49)42-43-30-20-35(56-4)31(21-34(30)55-3)44-45-37-36(58(50,51)52)17-22-16-25(12-15-27(22)38(37)46)39-23-8-6-5-7-9-23/h5-21,39,46H,1-4H3,(H,47,48,49)(H,50,51,52). The molecular formula is C38H33N7O11S2. The summed E-state index contributed by atoms with van der Waals surface area (Å²) in [6, 6.07) is 26.2. The highest BCUT2D eigenvalue weighted by Gasteiger charge is 2.23. The minimum absolute atomic E-state index is 0.0445. The van der Waals surface area contributed by atoms with Crippen molar-refractivity contribution < 1.29 is 50.0 Å². The Hall–Kier alpha value is -7.00. The highest BCUT2D eigenvalue weighted by Crippen LogP contribution is 2.46. The molecule has 20 heteroatoms. The first-order valence-corrected chi connectivity index (χ1v) is 19.5. The first-order chi connectivity index (χ1) is 27.7. The lowest BCUT2D eigenvalue weighted by atomic mass is 10.1. The fourth-order valence-corrected chi connectivity index (χ4v) is 6.60. The number of anilines is 2. The van der Waals surface area contributed by atoms with Gasteiger partial charge in [0, 0.05) is 41.0 Å². The lowest BCUT2D eigenvalue weighted by molar-refractivity contribution is 0.403. The molecule has 0 radical (unpaired) electrons. The van der Waals surface area contributed by atoms with E-state index in [2.05, 4.69) is 36.0 Å². The van der Waals surface area contributed by atoms with Gasteiger partial charge in [0.2, 0.25) is 0 Å². The number of phenolic OH excluding ortho intramolecular Hbond substituents is 1. The van der Waals surface area contributed by atoms with Gasteiger partial charge in [0.15, 0.2) is 5.75 Å². The van der Waals surface area contributed by atoms with Crippen molar-refractivity contribution in [3.63, 3.8) is 0 Å². The van der Waals surface area contributed by atoms with Crippen LogP contribution in [0.15, 0.2) is 144 Å². The number of hydrogen-bond acceptors (Lipinski definition) is 16. The minimum Gasteiger partial charge on any atom is -0.505 e. The van der Waals surface area contributed by atoms with Gasteiger partial charge in [-0.1, -0.05) is 18.2 Å². The van der Waals surface area contributed by atoms with Gasteiger partial charge in [-0.25, -0.2) is 0 Å². The number of benzene rings is 6. The van der Waals surface area contributed by atoms with Crippen molar-refractivity contribution in [1.29, 1.82) is 0 Å². The number of nitrogens with one attached hydrogen (secondary N) is 1. The number of fused-ring (bicyclic) bond motifs is 1. The summed E-state index contributed by atoms with van der Waals surface area (Å²) in [6.45, 7) is 0. The van der Waals surface area contributed by atoms with E-state index in [4.69, 9.17) is 18.9 Å². The van der Waals surface area contributed by atoms with Gasteiger partial charge in [-0.2, -0.15) is 21.9 Å². The van der Waals surface area contributed by atoms with E-state index in [1.165, 1.54) is 83.0 Å². The zero-order valence-corrected chi connectivity index (χ0v) is 32.6. The lowest BCUT2D eigenvalue weighted by Crippen LogP contribution is -1.99. The summed E-state index contributed by atoms with van der Waals surface area (Å²) in [5.74, 6) is 0.173. The third kappa shape index (κ3) is 9.16. The molecule has 298 valence electrons. The summed E-state index contributed by atoms with van der Waals surface area (Å²) in [5.41, 5.74) is 1.84. The molecule has 58 heavy (non-hydrogen) atoms. The number of methoxy groups -OCH3 is 4. The Bertz CT molecular complexity index is 2820. The molecule has 0 amide bonds. The molecule has 0 unspecified atom stereocenters. The number of aromatic hydroxyl groups is 1. The summed E-state index contributed by atoms with van der Waals surface area (Å²) in [7, 11) is -3.74. The van der Waals surface area contributed by atoms with Crippen molar-refractivity contribution in [3.8, 4) is 28.7 Å². The Balaban J connectivity index is 1.31. The largest absolute Gasteiger partial charge is 0.505 e. The monoisotopic (exact) mass is 827 g/mol. The van der Waals surface area contributed by atoms with Crippen LogP contribution >= 0.6 is 0 Å². The maximum Gasteiger partial charge on any atom is 0.296 e. The molecule has 6 aromatic rings. The van der Waals surface area contributed by atoms with Crippen LogP contribution in [0.2, 0.25) is 0 Å². The van der Waals surface area contributed by atoms with Crippen LogP contribution in [0.4, 0.5) is 45.5 Å². The van der Waals surface area contributed by atoms with Crippen LogP contribution in [0.5, 0.6) is 28.7 Å². The van der Waals surface area contributed by atoms with Gasteiger partial charge < -0.3 is 29.4 Å². The molecule has 6 aromatic carbocycles. The number of ether oxygens (including phenoxy) is 4. The second kappa shape index (κ2) is 17.0. The fraction of sp³-hybridized carbons (Fsp3) is 0.105. The molecule has 0 saturated carbocycles. The molecule has 0 spiro atoms. The first kappa shape index (κ1) is 40.7. The highest BCUT2D eigenvalue weighted by molar-refractivity contribution is 7.86. The van der Waals surface area contributed by atoms with Crippen LogP contribution in [0.1, 0.15) is 0 Å². The quantitative estimate of drug-likeness (QED) is 0.0591. The van der Waals surface area contributed by atoms with Gasteiger partial charge in [-0.3, -0.25) is 9.11 Å². The van der Waals surface area contributed by atoms with Crippen LogP contribution in [0.3, 0.4) is 0 Å². The Morgan fingerprint density at radius 3 is 1.47 bits per heavy atom. The molecule has 0 aliphatic rings. The van der Waals surface area contributed by atoms with E-state index < -0.39 is 36.6 Å². The lowest BCUT2D eigenvalue weighted by Gasteiger charge is -2.12. The maximum absolute atomic E-state index is 12.5. The smallest absolute Gasteiger partial charge is 0.296 e. The first-order valence-electron chi connectivity index (χ1n) is 16.7. The van der Waals surface area contributed by atoms with Crippen LogP contribution < -0.4 is 24.3 Å². The second-order valence-corrected chi connectivity index (χ2v) is 14.7. The Morgan fingerprint density at radius 2 is 1.00 bits per heavy atom. The summed E-state index contributed by atoms with van der Waals surface area (Å²) in [5, 5.41) is 40.1. The molecule has 0 aromatic heterocycles. The summed E-state index contributed by atoms with van der Waals surface area (Å²) < 4.78 is 89.1. The number of azo groups is 3. The average molecular weight is 828 g/mol. The molecule has 4 N–H and O–H groups in total. The number of para-hydroxylation sites is 1. The van der Waals surface area contributed by atoms with Crippen LogP contribution in [0, 0.1) is 0 Å². The molecule has 0 saturated heterocycles. The van der Waals surface area contributed by atoms with Gasteiger partial charge in [-0.15, -0.1) is 25.6 Å². The number of phenols is 1. The zero-order chi connectivity index (χ0) is 41.6. The fourth-order valence-electron chi connectivity index (χ4n) is 5.46. The number of nitrogens with zero attached hydrogens (tertiary/aromatic N) is 6. The summed E-state index contributed by atoms with van der Waals surface area (Å²) in [6.07, 6.45) is 0. The van der Waals surface area contributed by atoms with E-state index in [0.717, 1.165) is 5.69 Å². The molecule has 18 nitrogen and oxygen atoms in total. The molecule has 6 rings (SSSR count). The van der Waals surface area contributed by atoms with Crippen LogP contribution in [0.25, 0.3) is 10.8 Å². The minimum atomic E-state index is -4.90. The van der Waals surface area contributed by atoms with Crippen molar-refractivity contribution in [3.05, 3.63) is 103 Å². The van der Waals surface area contributed by atoms with Crippen LogP contribution in [-0.4, -0.2) is 59.5 Å². The summed E-state index contributed by atoms with van der Waals surface area (Å²) in [4.78, 5) is -0.975. The average Bonchev–Trinajstić information content (AvgIpc) is 3.21. The van der Waals surface area contributed by atoms with Crippen molar-refractivity contribution in [2.75, 3.05) is 33.8 Å². The molecule has 0 heterocycles. The van der Waals surface area contributed by atoms with E-state index in [9.17, 15) is 31.0 Å². The van der Waals surface area contributed by atoms with Crippen molar-refractivity contribution in [2.45, 2.75) is 9.79 Å². The van der Waals surface area contributed by atoms with Crippen molar-refractivity contribution >= 4 is 76.5 Å². The number of hydrogen-bond donors (Lipinski definition) is 4. The third-order valence-corrected chi connectivity index (χ3v) is 10.0. The molecule has 0 fully saturated rings. The number of rotatable bonds is 14. The van der Waals surface area contributed by atoms with Crippen LogP contribution in [-0.2, 0) is 20.2 Å². The van der Waals surface area contributed by atoms with E-state index in [0.29, 0.717) is 16.8 Å². The molecule has 0 aliphatic carbocycles. The van der Waals surface area contributed by atoms with E-state index in [1.807, 2.05) is 30.3 Å². The SMILES string of the molecule is COc1cc(N=Nc2cc(OC)c(N=Nc3c(S(=O)(=O)O)cc4cc(Nc5ccccc5)ccc4c3O)cc2OC)c(OC)cc1N=Nc1ccc(S(=O)(=O)O)cc1. The topological polar surface area (TPSA) is 252 Å². The Kier molecular flexibility index (Phi) is 11.9. The van der Waals surface area contributed by atoms with Gasteiger partial charge in [-0.05, 0) is 66.0 Å². The molecule has 0 atom stereocenters. The van der Waals surface area contributed by atoms with Gasteiger partial charge >= 0.3 is 0 Å². The Morgan fingerprint density at radius 1 is 0.517 bits per heavy atom. The second-order valence-electron chi connectivity index (χ2n) is 11.9. The zero-order valence-electron chi connectivity index (χ0n) is 30.9. The molecule has 0 aliphatic heterocycles. The Labute approximate surface area is 331 Å². The van der Waals surface area contributed by atoms with Gasteiger partial charge in [0.25, 0.3) is 20.2 Å². The normalized spacial score (nSPS) is 12.1. The van der Waals surface area contributed by atoms with E-state index in [1.54, 1.807) is 18.2 Å². The predicted molar refractivity (Wildman–Crippen MR) is 213 cm³/mol. The molecular weight excluding hydrogens is 795 g/mol. The highest BCUT2D eigenvalue weighted by atomic mass is 32.2.